The summed E-state index contributed by atoms with van der Waals surface area (Å²) in [4.78, 5) is 82.4. The lowest BCUT2D eigenvalue weighted by molar-refractivity contribution is -0.140. The highest BCUT2D eigenvalue weighted by atomic mass is 19.4. The second-order valence-corrected chi connectivity index (χ2v) is 19.4. The Balaban J connectivity index is 0.000000254. The molecule has 0 aliphatic carbocycles. The molecule has 0 radical (unpaired) electrons. The minimum Gasteiger partial charge on any atom is -0.331 e. The zero-order valence-corrected chi connectivity index (χ0v) is 43.5. The van der Waals surface area contributed by atoms with E-state index < -0.39 is 47.6 Å². The Morgan fingerprint density at radius 2 is 0.963 bits per heavy atom. The van der Waals surface area contributed by atoms with E-state index in [1.165, 1.54) is 55.3 Å². The van der Waals surface area contributed by atoms with Crippen molar-refractivity contribution in [3.8, 4) is 22.5 Å². The number of pyridine rings is 2. The summed E-state index contributed by atoms with van der Waals surface area (Å²) in [6.07, 6.45) is 3.08. The molecule has 6 aromatic heterocycles. The van der Waals surface area contributed by atoms with Crippen LogP contribution < -0.4 is 10.6 Å². The third kappa shape index (κ3) is 13.1. The number of carbonyl (C=O) groups excluding carboxylic acids is 4. The Bertz CT molecular complexity index is 3530. The van der Waals surface area contributed by atoms with Crippen molar-refractivity contribution in [1.82, 2.24) is 58.3 Å². The minimum atomic E-state index is -4.74. The Kier molecular flexibility index (Phi) is 19.5. The molecule has 8 aromatic rings. The number of hydrogen-bond acceptors (Lipinski definition) is 10. The number of imidazole rings is 2. The molecule has 8 heterocycles. The van der Waals surface area contributed by atoms with Crippen molar-refractivity contribution in [3.63, 3.8) is 0 Å². The number of carbonyl (C=O) groups is 4. The standard InChI is InChI=1S/C28H28F3N7O2.C27H26F3N7O2.3CH4/c1-17-11-12-32-21(16-17)34-26(39)19-9-7-18(8-10-19)22-23-24(28(29,30)31)33-13-15-38(23)25(35-22)20-6-4-5-14-37(20)27(40)36(2)3;1-35(2)26(39)36-15-6-4-7-19(36)24-34-21(22-23(27(28,29)30)32-14-16-37(22)24)17-9-11-18(12-10-17)25(38)33-20-8-3-5-13-31-20;;;/h7-13,15-16,20H,4-6,14H2,1-3H3,(H,32,34,39);3,5,8-14,16,19H,4,6-7,15H2,1-2H3,(H,31,33,38);3*1H4/t20-;19-;;;/m00.../s1. The van der Waals surface area contributed by atoms with Gasteiger partial charge in [0.25, 0.3) is 11.8 Å². The molecular weight excluding hydrogens is 1070 g/mol. The van der Waals surface area contributed by atoms with Crippen molar-refractivity contribution in [1.29, 1.82) is 0 Å². The van der Waals surface area contributed by atoms with Gasteiger partial charge in [0.2, 0.25) is 0 Å². The van der Waals surface area contributed by atoms with Crippen LogP contribution in [0.2, 0.25) is 0 Å². The molecule has 0 saturated carbocycles. The number of urea groups is 2. The van der Waals surface area contributed by atoms with Gasteiger partial charge in [-0.2, -0.15) is 26.3 Å². The van der Waals surface area contributed by atoms with Crippen LogP contribution in [0.25, 0.3) is 33.5 Å². The lowest BCUT2D eigenvalue weighted by Crippen LogP contribution is -2.44. The Labute approximate surface area is 471 Å². The van der Waals surface area contributed by atoms with Crippen molar-refractivity contribution in [2.24, 2.45) is 0 Å². The highest BCUT2D eigenvalue weighted by Crippen LogP contribution is 2.42. The first-order valence-corrected chi connectivity index (χ1v) is 25.2. The van der Waals surface area contributed by atoms with Crippen LogP contribution in [0, 0.1) is 6.92 Å². The highest BCUT2D eigenvalue weighted by molar-refractivity contribution is 6.05. The number of halogens is 6. The van der Waals surface area contributed by atoms with Gasteiger partial charge in [0.1, 0.15) is 34.3 Å². The van der Waals surface area contributed by atoms with Gasteiger partial charge in [-0.1, -0.05) is 52.6 Å². The molecule has 24 heteroatoms. The van der Waals surface area contributed by atoms with Crippen molar-refractivity contribution in [2.45, 2.75) is 92.2 Å². The Morgan fingerprint density at radius 1 is 0.537 bits per heavy atom. The maximum atomic E-state index is 14.1. The maximum absolute atomic E-state index is 14.1. The van der Waals surface area contributed by atoms with E-state index in [2.05, 4.69) is 30.6 Å². The fourth-order valence-corrected chi connectivity index (χ4v) is 9.76. The molecule has 2 N–H and O–H groups in total. The molecule has 434 valence electrons. The van der Waals surface area contributed by atoms with Crippen LogP contribution in [-0.2, 0) is 12.4 Å². The molecule has 82 heavy (non-hydrogen) atoms. The number of benzene rings is 2. The number of nitrogens with zero attached hydrogens (tertiary/aromatic N) is 12. The van der Waals surface area contributed by atoms with E-state index >= 15 is 0 Å². The van der Waals surface area contributed by atoms with Crippen LogP contribution in [0.15, 0.2) is 116 Å². The number of aryl methyl sites for hydroxylation is 1. The number of likely N-dealkylation sites (tertiary alicyclic amines) is 2. The molecule has 2 saturated heterocycles. The van der Waals surface area contributed by atoms with Crippen LogP contribution in [0.3, 0.4) is 0 Å². The summed E-state index contributed by atoms with van der Waals surface area (Å²) in [5.74, 6) is 0.622. The summed E-state index contributed by atoms with van der Waals surface area (Å²) in [6.45, 7) is 2.83. The van der Waals surface area contributed by atoms with Crippen LogP contribution >= 0.6 is 0 Å². The minimum absolute atomic E-state index is 0. The SMILES string of the molecule is C.C.C.CN(C)C(=O)N1CCCC[C@H]1c1nc(-c2ccc(C(=O)Nc3ccccn3)cc2)c2c(C(F)(F)F)nccn12.Cc1ccnc(NC(=O)c2ccc(-c3nc([C@@H]4CCCCN4C(=O)N(C)C)n4ccnc(C(F)(F)F)c34)cc2)c1. The van der Waals surface area contributed by atoms with E-state index in [-0.39, 0.29) is 56.8 Å². The summed E-state index contributed by atoms with van der Waals surface area (Å²) in [5, 5.41) is 5.40. The van der Waals surface area contributed by atoms with Crippen LogP contribution in [0.5, 0.6) is 0 Å². The number of aromatic nitrogens is 8. The zero-order valence-electron chi connectivity index (χ0n) is 43.5. The third-order valence-electron chi connectivity index (χ3n) is 13.5. The van der Waals surface area contributed by atoms with E-state index in [1.807, 2.05) is 6.92 Å². The van der Waals surface area contributed by atoms with Crippen LogP contribution in [-0.4, -0.2) is 123 Å². The first-order valence-electron chi connectivity index (χ1n) is 25.2. The molecule has 10 rings (SSSR count). The summed E-state index contributed by atoms with van der Waals surface area (Å²) >= 11 is 0. The van der Waals surface area contributed by atoms with Crippen molar-refractivity contribution < 1.29 is 45.5 Å². The molecule has 0 spiro atoms. The Morgan fingerprint density at radius 3 is 1.35 bits per heavy atom. The van der Waals surface area contributed by atoms with Gasteiger partial charge < -0.3 is 30.2 Å². The summed E-state index contributed by atoms with van der Waals surface area (Å²) in [5.41, 5.74) is -0.0903. The second kappa shape index (κ2) is 25.7. The molecule has 2 aliphatic rings. The number of hydrogen-bond donors (Lipinski definition) is 2. The number of nitrogens with one attached hydrogen (secondary N) is 2. The first-order chi connectivity index (χ1) is 37.7. The molecule has 6 amide bonds. The summed E-state index contributed by atoms with van der Waals surface area (Å²) in [6, 6.07) is 19.5. The average Bonchev–Trinajstić information content (AvgIpc) is 4.19. The van der Waals surface area contributed by atoms with E-state index in [1.54, 1.807) is 105 Å². The molecule has 2 aliphatic heterocycles. The number of alkyl halides is 6. The molecular formula is C58H66F6N14O4. The molecule has 0 unspecified atom stereocenters. The van der Waals surface area contributed by atoms with E-state index in [0.717, 1.165) is 43.6 Å². The molecule has 2 fully saturated rings. The lowest BCUT2D eigenvalue weighted by Gasteiger charge is -2.36. The fourth-order valence-electron chi connectivity index (χ4n) is 9.76. The number of fused-ring (bicyclic) bond motifs is 2. The van der Waals surface area contributed by atoms with Crippen molar-refractivity contribution in [2.75, 3.05) is 51.9 Å². The summed E-state index contributed by atoms with van der Waals surface area (Å²) < 4.78 is 87.6. The topological polar surface area (TPSA) is 191 Å². The molecule has 2 atom stereocenters. The predicted octanol–water partition coefficient (Wildman–Crippen LogP) is 12.8. The largest absolute Gasteiger partial charge is 0.435 e. The van der Waals surface area contributed by atoms with Gasteiger partial charge >= 0.3 is 24.4 Å². The average molecular weight is 1140 g/mol. The number of amides is 6. The monoisotopic (exact) mass is 1140 g/mol. The number of rotatable bonds is 8. The maximum Gasteiger partial charge on any atom is 0.435 e. The zero-order chi connectivity index (χ0) is 56.3. The van der Waals surface area contributed by atoms with Gasteiger partial charge in [0, 0.05) is 101 Å². The van der Waals surface area contributed by atoms with E-state index in [4.69, 9.17) is 9.97 Å². The quantitative estimate of drug-likeness (QED) is 0.138. The fraction of sp³-hybridized carbons (Fsp3) is 0.345. The Hall–Kier alpha value is -8.96. The smallest absolute Gasteiger partial charge is 0.331 e. The van der Waals surface area contributed by atoms with Gasteiger partial charge in [-0.3, -0.25) is 18.4 Å². The lowest BCUT2D eigenvalue weighted by atomic mass is 10.0. The van der Waals surface area contributed by atoms with Gasteiger partial charge in [0.15, 0.2) is 11.4 Å². The normalized spacial score (nSPS) is 15.2. The van der Waals surface area contributed by atoms with Crippen LogP contribution in [0.1, 0.15) is 122 Å². The molecule has 2 aromatic carbocycles. The van der Waals surface area contributed by atoms with Crippen molar-refractivity contribution >= 4 is 46.5 Å². The van der Waals surface area contributed by atoms with E-state index in [0.29, 0.717) is 71.5 Å². The highest BCUT2D eigenvalue weighted by Gasteiger charge is 2.41. The summed E-state index contributed by atoms with van der Waals surface area (Å²) in [7, 11) is 6.56. The third-order valence-corrected chi connectivity index (χ3v) is 13.5. The number of piperidine rings is 2. The number of anilines is 2. The van der Waals surface area contributed by atoms with Gasteiger partial charge in [-0.25, -0.2) is 39.5 Å². The van der Waals surface area contributed by atoms with Gasteiger partial charge in [-0.05, 0) is 99.5 Å². The first kappa shape index (κ1) is 62.2. The van der Waals surface area contributed by atoms with Gasteiger partial charge in [-0.15, -0.1) is 0 Å². The van der Waals surface area contributed by atoms with E-state index in [9.17, 15) is 45.5 Å². The van der Waals surface area contributed by atoms with Crippen LogP contribution in [0.4, 0.5) is 47.6 Å². The van der Waals surface area contributed by atoms with Gasteiger partial charge in [0.05, 0.1) is 23.5 Å². The molecule has 18 nitrogen and oxygen atoms in total. The predicted molar refractivity (Wildman–Crippen MR) is 301 cm³/mol. The van der Waals surface area contributed by atoms with Crippen molar-refractivity contribution in [3.05, 3.63) is 156 Å². The molecule has 0 bridgehead atoms. The second-order valence-electron chi connectivity index (χ2n) is 19.4.